The van der Waals surface area contributed by atoms with Gasteiger partial charge in [-0.3, -0.25) is 4.72 Å². The molecular formula is C11H14N2O2S2. The van der Waals surface area contributed by atoms with Gasteiger partial charge in [-0.2, -0.15) is 5.26 Å². The van der Waals surface area contributed by atoms with Crippen LogP contribution in [-0.2, 0) is 10.0 Å². The summed E-state index contributed by atoms with van der Waals surface area (Å²) in [5, 5.41) is 7.78. The molecule has 6 heteroatoms. The first-order valence-electron chi connectivity index (χ1n) is 5.09. The molecule has 1 aromatic carbocycles. The van der Waals surface area contributed by atoms with E-state index in [1.807, 2.05) is 18.4 Å². The topological polar surface area (TPSA) is 70.0 Å². The van der Waals surface area contributed by atoms with Crippen molar-refractivity contribution >= 4 is 27.5 Å². The molecule has 1 unspecified atom stereocenters. The summed E-state index contributed by atoms with van der Waals surface area (Å²) >= 11 is 1.45. The summed E-state index contributed by atoms with van der Waals surface area (Å²) in [6.07, 6.45) is 2.14. The van der Waals surface area contributed by atoms with E-state index in [-0.39, 0.29) is 6.42 Å². The quantitative estimate of drug-likeness (QED) is 0.834. The fourth-order valence-corrected chi connectivity index (χ4v) is 3.16. The van der Waals surface area contributed by atoms with E-state index in [9.17, 15) is 8.42 Å². The number of hydrogen-bond acceptors (Lipinski definition) is 4. The summed E-state index contributed by atoms with van der Waals surface area (Å²) in [5.74, 6) is 0. The maximum atomic E-state index is 11.9. The number of anilines is 1. The van der Waals surface area contributed by atoms with Crippen molar-refractivity contribution in [1.29, 1.82) is 5.26 Å². The van der Waals surface area contributed by atoms with Crippen LogP contribution in [0.2, 0.25) is 0 Å². The molecule has 0 radical (unpaired) electrons. The largest absolute Gasteiger partial charge is 0.281 e. The molecular weight excluding hydrogens is 256 g/mol. The molecule has 1 atom stereocenters. The number of hydrogen-bond donors (Lipinski definition) is 1. The Morgan fingerprint density at radius 3 is 2.65 bits per heavy atom. The van der Waals surface area contributed by atoms with Gasteiger partial charge in [-0.1, -0.05) is 19.1 Å². The number of sulfonamides is 1. The highest BCUT2D eigenvalue weighted by Gasteiger charge is 2.23. The molecule has 1 N–H and O–H groups in total. The maximum absolute atomic E-state index is 11.9. The van der Waals surface area contributed by atoms with Crippen LogP contribution in [0.1, 0.15) is 13.3 Å². The standard InChI is InChI=1S/C11H14N2O2S2/c1-3-9(8-12)17(14,15)13-10-6-4-5-7-11(10)16-2/h4-7,9,13H,3H2,1-2H3. The highest BCUT2D eigenvalue weighted by Crippen LogP contribution is 2.26. The van der Waals surface area contributed by atoms with Gasteiger partial charge < -0.3 is 0 Å². The van der Waals surface area contributed by atoms with Crippen LogP contribution in [0.25, 0.3) is 0 Å². The van der Waals surface area contributed by atoms with Crippen LogP contribution in [0.3, 0.4) is 0 Å². The van der Waals surface area contributed by atoms with Gasteiger partial charge in [0.1, 0.15) is 0 Å². The Morgan fingerprint density at radius 2 is 2.12 bits per heavy atom. The molecule has 0 fully saturated rings. The normalized spacial score (nSPS) is 12.8. The molecule has 17 heavy (non-hydrogen) atoms. The zero-order valence-corrected chi connectivity index (χ0v) is 11.3. The van der Waals surface area contributed by atoms with Crippen LogP contribution >= 0.6 is 11.8 Å². The molecule has 0 spiro atoms. The van der Waals surface area contributed by atoms with Gasteiger partial charge in [-0.05, 0) is 24.8 Å². The van der Waals surface area contributed by atoms with Crippen molar-refractivity contribution in [2.45, 2.75) is 23.5 Å². The molecule has 1 aromatic rings. The van der Waals surface area contributed by atoms with Gasteiger partial charge in [0.15, 0.2) is 5.25 Å². The molecule has 0 amide bonds. The van der Waals surface area contributed by atoms with Crippen molar-refractivity contribution in [3.05, 3.63) is 24.3 Å². The molecule has 4 nitrogen and oxygen atoms in total. The lowest BCUT2D eigenvalue weighted by atomic mass is 10.3. The van der Waals surface area contributed by atoms with E-state index in [1.54, 1.807) is 25.1 Å². The number of nitrogens with zero attached hydrogens (tertiary/aromatic N) is 1. The first-order chi connectivity index (χ1) is 8.05. The summed E-state index contributed by atoms with van der Waals surface area (Å²) < 4.78 is 26.2. The van der Waals surface area contributed by atoms with Gasteiger partial charge >= 0.3 is 0 Å². The van der Waals surface area contributed by atoms with E-state index < -0.39 is 15.3 Å². The second-order valence-electron chi connectivity index (χ2n) is 3.37. The van der Waals surface area contributed by atoms with Crippen LogP contribution in [0.5, 0.6) is 0 Å². The number of benzene rings is 1. The second-order valence-corrected chi connectivity index (χ2v) is 6.08. The lowest BCUT2D eigenvalue weighted by Gasteiger charge is -2.13. The van der Waals surface area contributed by atoms with E-state index in [2.05, 4.69) is 4.72 Å². The van der Waals surface area contributed by atoms with E-state index in [0.717, 1.165) is 4.90 Å². The first-order valence-corrected chi connectivity index (χ1v) is 7.86. The van der Waals surface area contributed by atoms with Gasteiger partial charge in [-0.15, -0.1) is 11.8 Å². The molecule has 92 valence electrons. The fraction of sp³-hybridized carbons (Fsp3) is 0.364. The lowest BCUT2D eigenvalue weighted by Crippen LogP contribution is -2.26. The van der Waals surface area contributed by atoms with Crippen LogP contribution in [0, 0.1) is 11.3 Å². The zero-order chi connectivity index (χ0) is 12.9. The predicted octanol–water partition coefficient (Wildman–Crippen LogP) is 2.45. The van der Waals surface area contributed by atoms with Gasteiger partial charge in [0, 0.05) is 4.90 Å². The smallest absolute Gasteiger partial charge is 0.249 e. The average molecular weight is 270 g/mol. The van der Waals surface area contributed by atoms with Crippen molar-refractivity contribution in [1.82, 2.24) is 0 Å². The minimum Gasteiger partial charge on any atom is -0.281 e. The second kappa shape index (κ2) is 5.94. The Labute approximate surface area is 106 Å². The minimum absolute atomic E-state index is 0.271. The SMILES string of the molecule is CCC(C#N)S(=O)(=O)Nc1ccccc1SC. The average Bonchev–Trinajstić information content (AvgIpc) is 2.30. The Kier molecular flexibility index (Phi) is 4.85. The summed E-state index contributed by atoms with van der Waals surface area (Å²) in [7, 11) is -3.63. The van der Waals surface area contributed by atoms with E-state index >= 15 is 0 Å². The van der Waals surface area contributed by atoms with Crippen molar-refractivity contribution < 1.29 is 8.42 Å². The Balaban J connectivity index is 3.02. The van der Waals surface area contributed by atoms with Gasteiger partial charge in [-0.25, -0.2) is 8.42 Å². The Morgan fingerprint density at radius 1 is 1.47 bits per heavy atom. The molecule has 0 aliphatic heterocycles. The van der Waals surface area contributed by atoms with Crippen molar-refractivity contribution in [3.8, 4) is 6.07 Å². The Bertz CT molecular complexity index is 521. The lowest BCUT2D eigenvalue weighted by molar-refractivity contribution is 0.592. The van der Waals surface area contributed by atoms with Crippen molar-refractivity contribution in [2.24, 2.45) is 0 Å². The van der Waals surface area contributed by atoms with E-state index in [1.165, 1.54) is 11.8 Å². The summed E-state index contributed by atoms with van der Waals surface area (Å²) in [5.41, 5.74) is 0.522. The highest BCUT2D eigenvalue weighted by atomic mass is 32.2. The monoisotopic (exact) mass is 270 g/mol. The van der Waals surface area contributed by atoms with Crippen molar-refractivity contribution in [2.75, 3.05) is 11.0 Å². The number of para-hydroxylation sites is 1. The van der Waals surface area contributed by atoms with Crippen LogP contribution in [-0.4, -0.2) is 19.9 Å². The molecule has 0 aliphatic rings. The Hall–Kier alpha value is -1.19. The minimum atomic E-state index is -3.63. The molecule has 0 bridgehead atoms. The number of thioether (sulfide) groups is 1. The molecule has 0 heterocycles. The van der Waals surface area contributed by atoms with Crippen LogP contribution < -0.4 is 4.72 Å². The van der Waals surface area contributed by atoms with E-state index in [4.69, 9.17) is 5.26 Å². The molecule has 0 saturated carbocycles. The summed E-state index contributed by atoms with van der Waals surface area (Å²) in [4.78, 5) is 0.837. The third kappa shape index (κ3) is 3.38. The molecule has 0 aromatic heterocycles. The first kappa shape index (κ1) is 13.9. The third-order valence-corrected chi connectivity index (χ3v) is 4.74. The zero-order valence-electron chi connectivity index (χ0n) is 9.67. The van der Waals surface area contributed by atoms with Gasteiger partial charge in [0.2, 0.25) is 10.0 Å². The summed E-state index contributed by atoms with van der Waals surface area (Å²) in [6, 6.07) is 8.90. The number of nitrogens with one attached hydrogen (secondary N) is 1. The molecule has 1 rings (SSSR count). The fourth-order valence-electron chi connectivity index (χ4n) is 1.33. The summed E-state index contributed by atoms with van der Waals surface area (Å²) in [6.45, 7) is 1.67. The van der Waals surface area contributed by atoms with Crippen LogP contribution in [0.15, 0.2) is 29.2 Å². The van der Waals surface area contributed by atoms with Gasteiger partial charge in [0.25, 0.3) is 0 Å². The number of nitriles is 1. The van der Waals surface area contributed by atoms with E-state index in [0.29, 0.717) is 5.69 Å². The van der Waals surface area contributed by atoms with Crippen molar-refractivity contribution in [3.63, 3.8) is 0 Å². The van der Waals surface area contributed by atoms with Gasteiger partial charge in [0.05, 0.1) is 11.8 Å². The number of rotatable bonds is 5. The predicted molar refractivity (Wildman–Crippen MR) is 70.5 cm³/mol. The highest BCUT2D eigenvalue weighted by molar-refractivity contribution is 7.99. The molecule has 0 aliphatic carbocycles. The maximum Gasteiger partial charge on any atom is 0.249 e. The molecule has 0 saturated heterocycles. The van der Waals surface area contributed by atoms with Crippen LogP contribution in [0.4, 0.5) is 5.69 Å². The third-order valence-electron chi connectivity index (χ3n) is 2.25.